The van der Waals surface area contributed by atoms with E-state index in [1.165, 1.54) is 12.1 Å². The van der Waals surface area contributed by atoms with Crippen molar-refractivity contribution >= 4 is 29.4 Å². The summed E-state index contributed by atoms with van der Waals surface area (Å²) in [5, 5.41) is 15.0. The summed E-state index contributed by atoms with van der Waals surface area (Å²) >= 11 is 5.96. The van der Waals surface area contributed by atoms with Crippen LogP contribution in [0.2, 0.25) is 5.02 Å². The van der Waals surface area contributed by atoms with Crippen molar-refractivity contribution in [3.63, 3.8) is 0 Å². The molecule has 2 amide bonds. The number of hydrogen-bond donors (Lipinski definition) is 3. The summed E-state index contributed by atoms with van der Waals surface area (Å²) in [5.74, 6) is -2.56. The van der Waals surface area contributed by atoms with Crippen LogP contribution < -0.4 is 15.4 Å². The molecule has 3 N–H and O–H groups in total. The third-order valence-electron chi connectivity index (χ3n) is 5.63. The normalized spacial score (nSPS) is 17.8. The first-order valence-corrected chi connectivity index (χ1v) is 11.1. The highest BCUT2D eigenvalue weighted by atomic mass is 35.5. The Labute approximate surface area is 196 Å². The van der Waals surface area contributed by atoms with Gasteiger partial charge in [-0.05, 0) is 74.6 Å². The molecule has 0 radical (unpaired) electrons. The first-order valence-electron chi connectivity index (χ1n) is 10.8. The fourth-order valence-electron chi connectivity index (χ4n) is 3.69. The highest BCUT2D eigenvalue weighted by molar-refractivity contribution is 6.31. The van der Waals surface area contributed by atoms with Crippen molar-refractivity contribution in [2.24, 2.45) is 5.92 Å². The van der Waals surface area contributed by atoms with Gasteiger partial charge in [-0.3, -0.25) is 14.4 Å². The molecule has 1 saturated carbocycles. The number of carbonyl (C=O) groups excluding carboxylic acids is 2. The van der Waals surface area contributed by atoms with Crippen molar-refractivity contribution in [1.29, 1.82) is 0 Å². The van der Waals surface area contributed by atoms with E-state index in [1.54, 1.807) is 25.1 Å². The van der Waals surface area contributed by atoms with Gasteiger partial charge in [0.2, 0.25) is 0 Å². The molecular formula is C24H26ClFN2O5. The molecular weight excluding hydrogens is 451 g/mol. The van der Waals surface area contributed by atoms with E-state index in [4.69, 9.17) is 21.4 Å². The van der Waals surface area contributed by atoms with Crippen LogP contribution in [0.5, 0.6) is 5.75 Å². The molecule has 176 valence electrons. The minimum Gasteiger partial charge on any atom is -0.487 e. The average molecular weight is 477 g/mol. The van der Waals surface area contributed by atoms with Gasteiger partial charge in [-0.25, -0.2) is 4.39 Å². The molecule has 7 nitrogen and oxygen atoms in total. The maximum absolute atomic E-state index is 14.4. The molecule has 0 aliphatic heterocycles. The Morgan fingerprint density at radius 1 is 1.00 bits per heavy atom. The molecule has 0 spiro atoms. The lowest BCUT2D eigenvalue weighted by Crippen LogP contribution is -2.34. The first-order chi connectivity index (χ1) is 15.7. The van der Waals surface area contributed by atoms with Crippen LogP contribution in [-0.4, -0.2) is 42.1 Å². The fourth-order valence-corrected chi connectivity index (χ4v) is 3.80. The third kappa shape index (κ3) is 6.68. The molecule has 1 aliphatic rings. The summed E-state index contributed by atoms with van der Waals surface area (Å²) in [6.07, 6.45) is 1.83. The number of ether oxygens (including phenoxy) is 1. The van der Waals surface area contributed by atoms with Crippen LogP contribution in [0.15, 0.2) is 36.4 Å². The van der Waals surface area contributed by atoms with E-state index in [1.807, 2.05) is 0 Å². The number of hydrogen-bond acceptors (Lipinski definition) is 4. The van der Waals surface area contributed by atoms with Gasteiger partial charge in [0.15, 0.2) is 11.6 Å². The molecule has 3 rings (SSSR count). The number of benzene rings is 2. The van der Waals surface area contributed by atoms with Crippen LogP contribution in [-0.2, 0) is 4.79 Å². The van der Waals surface area contributed by atoms with Gasteiger partial charge < -0.3 is 20.5 Å². The van der Waals surface area contributed by atoms with E-state index in [0.29, 0.717) is 36.3 Å². The number of carboxylic acids is 1. The number of rotatable bonds is 8. The topological polar surface area (TPSA) is 105 Å². The van der Waals surface area contributed by atoms with Crippen LogP contribution in [0.25, 0.3) is 0 Å². The van der Waals surface area contributed by atoms with Crippen molar-refractivity contribution in [3.8, 4) is 5.75 Å². The minimum atomic E-state index is -0.811. The Morgan fingerprint density at radius 3 is 2.12 bits per heavy atom. The van der Waals surface area contributed by atoms with Crippen LogP contribution in [0.1, 0.15) is 52.0 Å². The lowest BCUT2D eigenvalue weighted by atomic mass is 9.87. The van der Waals surface area contributed by atoms with E-state index in [0.717, 1.165) is 11.6 Å². The van der Waals surface area contributed by atoms with Gasteiger partial charge in [-0.1, -0.05) is 11.6 Å². The molecule has 0 heterocycles. The molecule has 1 fully saturated rings. The van der Waals surface area contributed by atoms with Crippen molar-refractivity contribution in [2.45, 2.75) is 38.7 Å². The third-order valence-corrected chi connectivity index (χ3v) is 6.05. The zero-order valence-electron chi connectivity index (χ0n) is 18.2. The van der Waals surface area contributed by atoms with Gasteiger partial charge in [0, 0.05) is 29.2 Å². The molecule has 2 aromatic rings. The molecule has 0 saturated heterocycles. The maximum atomic E-state index is 14.4. The quantitative estimate of drug-likeness (QED) is 0.500. The SMILES string of the molecule is Cc1cc(C(=O)NCCNC(=O)c2ccc(OC3CCC(C(=O)O)CC3)c(F)c2)ccc1Cl. The Balaban J connectivity index is 1.44. The predicted octanol–water partition coefficient (Wildman–Crippen LogP) is 3.97. The second kappa shape index (κ2) is 11.1. The summed E-state index contributed by atoms with van der Waals surface area (Å²) in [7, 11) is 0. The second-order valence-corrected chi connectivity index (χ2v) is 8.46. The summed E-state index contributed by atoms with van der Waals surface area (Å²) in [4.78, 5) is 35.5. The Kier molecular flexibility index (Phi) is 8.27. The van der Waals surface area contributed by atoms with E-state index in [9.17, 15) is 18.8 Å². The maximum Gasteiger partial charge on any atom is 0.306 e. The number of carboxylic acid groups (broad SMARTS) is 1. The zero-order chi connectivity index (χ0) is 24.0. The lowest BCUT2D eigenvalue weighted by molar-refractivity contribution is -0.143. The number of carbonyl (C=O) groups is 3. The smallest absolute Gasteiger partial charge is 0.306 e. The number of amides is 2. The van der Waals surface area contributed by atoms with Crippen molar-refractivity contribution in [3.05, 3.63) is 63.9 Å². The molecule has 0 bridgehead atoms. The standard InChI is InChI=1S/C24H26ClFN2O5/c1-14-12-16(4-8-19(14)25)22(29)27-10-11-28-23(30)17-5-9-21(20(26)13-17)33-18-6-2-15(3-7-18)24(31)32/h4-5,8-9,12-13,15,18H,2-3,6-7,10-11H2,1H3,(H,27,29)(H,28,30)(H,31,32). The number of aryl methyl sites for hydroxylation is 1. The van der Waals surface area contributed by atoms with Gasteiger partial charge in [0.05, 0.1) is 12.0 Å². The van der Waals surface area contributed by atoms with Gasteiger partial charge in [-0.2, -0.15) is 0 Å². The fraction of sp³-hybridized carbons (Fsp3) is 0.375. The minimum absolute atomic E-state index is 0.0378. The predicted molar refractivity (Wildman–Crippen MR) is 121 cm³/mol. The zero-order valence-corrected chi connectivity index (χ0v) is 19.0. The van der Waals surface area contributed by atoms with E-state index >= 15 is 0 Å². The molecule has 33 heavy (non-hydrogen) atoms. The highest BCUT2D eigenvalue weighted by Gasteiger charge is 2.27. The Morgan fingerprint density at radius 2 is 1.58 bits per heavy atom. The van der Waals surface area contributed by atoms with E-state index in [2.05, 4.69) is 10.6 Å². The first kappa shape index (κ1) is 24.5. The van der Waals surface area contributed by atoms with Crippen molar-refractivity contribution in [1.82, 2.24) is 10.6 Å². The van der Waals surface area contributed by atoms with Gasteiger partial charge in [0.1, 0.15) is 0 Å². The average Bonchev–Trinajstić information content (AvgIpc) is 2.79. The molecule has 9 heteroatoms. The summed E-state index contributed by atoms with van der Waals surface area (Å²) in [6.45, 7) is 2.18. The van der Waals surface area contributed by atoms with E-state index in [-0.39, 0.29) is 42.3 Å². The largest absolute Gasteiger partial charge is 0.487 e. The highest BCUT2D eigenvalue weighted by Crippen LogP contribution is 2.29. The number of halogens is 2. The van der Waals surface area contributed by atoms with Crippen LogP contribution in [0.4, 0.5) is 4.39 Å². The van der Waals surface area contributed by atoms with Gasteiger partial charge in [-0.15, -0.1) is 0 Å². The molecule has 1 aliphatic carbocycles. The molecule has 0 atom stereocenters. The van der Waals surface area contributed by atoms with Gasteiger partial charge >= 0.3 is 5.97 Å². The van der Waals surface area contributed by atoms with Crippen LogP contribution >= 0.6 is 11.6 Å². The molecule has 0 aromatic heterocycles. The molecule has 0 unspecified atom stereocenters. The lowest BCUT2D eigenvalue weighted by Gasteiger charge is -2.27. The Bertz CT molecular complexity index is 1040. The van der Waals surface area contributed by atoms with Crippen molar-refractivity contribution in [2.75, 3.05) is 13.1 Å². The monoisotopic (exact) mass is 476 g/mol. The Hall–Kier alpha value is -3.13. The van der Waals surface area contributed by atoms with E-state index < -0.39 is 17.7 Å². The summed E-state index contributed by atoms with van der Waals surface area (Å²) in [5.41, 5.74) is 1.39. The number of aliphatic carboxylic acids is 1. The van der Waals surface area contributed by atoms with Gasteiger partial charge in [0.25, 0.3) is 11.8 Å². The second-order valence-electron chi connectivity index (χ2n) is 8.05. The summed E-state index contributed by atoms with van der Waals surface area (Å²) in [6, 6.07) is 8.91. The van der Waals surface area contributed by atoms with Crippen molar-refractivity contribution < 1.29 is 28.6 Å². The summed E-state index contributed by atoms with van der Waals surface area (Å²) < 4.78 is 20.1. The number of nitrogens with one attached hydrogen (secondary N) is 2. The molecule has 2 aromatic carbocycles. The van der Waals surface area contributed by atoms with Crippen LogP contribution in [0.3, 0.4) is 0 Å². The van der Waals surface area contributed by atoms with Crippen LogP contribution in [0, 0.1) is 18.7 Å².